The van der Waals surface area contributed by atoms with E-state index in [1.807, 2.05) is 23.6 Å². The fraction of sp³-hybridized carbons (Fsp3) is 0.353. The average Bonchev–Trinajstić information content (AvgIpc) is 2.52. The number of aromatic nitrogens is 1. The summed E-state index contributed by atoms with van der Waals surface area (Å²) in [5, 5.41) is 9.62. The summed E-state index contributed by atoms with van der Waals surface area (Å²) in [6.45, 7) is 6.08. The van der Waals surface area contributed by atoms with Gasteiger partial charge in [0, 0.05) is 49.3 Å². The fourth-order valence-electron chi connectivity index (χ4n) is 2.79. The molecule has 1 aliphatic rings. The predicted octanol–water partition coefficient (Wildman–Crippen LogP) is 2.03. The number of anilines is 1. The summed E-state index contributed by atoms with van der Waals surface area (Å²) >= 11 is 0. The molecule has 2 heterocycles. The number of benzene rings is 1. The second-order valence-corrected chi connectivity index (χ2v) is 5.84. The zero-order valence-corrected chi connectivity index (χ0v) is 14.2. The molecule has 1 aromatic heterocycles. The molecule has 2 aromatic rings. The molecule has 124 valence electrons. The van der Waals surface area contributed by atoms with Crippen molar-refractivity contribution >= 4 is 18.1 Å². The van der Waals surface area contributed by atoms with Crippen LogP contribution in [0, 0.1) is 6.92 Å². The van der Waals surface area contributed by atoms with Gasteiger partial charge in [-0.3, -0.25) is 4.79 Å². The standard InChI is InChI=1S/C17H21N3O2.ClH/c1-13-11-16(21)17(22)12-20(13)15-5-3-14(4-6-15)19-9-7-18(2)8-10-19;/h3-6,11-12,22H,7-10H2,1-2H3;1H. The summed E-state index contributed by atoms with van der Waals surface area (Å²) in [7, 11) is 2.14. The Hall–Kier alpha value is -1.98. The number of rotatable bonds is 2. The van der Waals surface area contributed by atoms with Crippen molar-refractivity contribution in [3.63, 3.8) is 0 Å². The van der Waals surface area contributed by atoms with Gasteiger partial charge in [-0.1, -0.05) is 0 Å². The van der Waals surface area contributed by atoms with Gasteiger partial charge < -0.3 is 19.5 Å². The van der Waals surface area contributed by atoms with Crippen LogP contribution in [0.15, 0.2) is 41.3 Å². The van der Waals surface area contributed by atoms with Crippen molar-refractivity contribution in [2.75, 3.05) is 38.1 Å². The summed E-state index contributed by atoms with van der Waals surface area (Å²) < 4.78 is 1.82. The van der Waals surface area contributed by atoms with Crippen molar-refractivity contribution in [1.29, 1.82) is 0 Å². The third-order valence-corrected chi connectivity index (χ3v) is 4.22. The van der Waals surface area contributed by atoms with Crippen molar-refractivity contribution in [2.45, 2.75) is 6.92 Å². The van der Waals surface area contributed by atoms with Crippen LogP contribution in [0.5, 0.6) is 5.75 Å². The second kappa shape index (κ2) is 7.06. The number of aryl methyl sites for hydroxylation is 1. The van der Waals surface area contributed by atoms with Gasteiger partial charge in [0.2, 0.25) is 5.43 Å². The van der Waals surface area contributed by atoms with Crippen molar-refractivity contribution in [3.8, 4) is 11.4 Å². The average molecular weight is 336 g/mol. The molecule has 0 bridgehead atoms. The third-order valence-electron chi connectivity index (χ3n) is 4.22. The SMILES string of the molecule is Cc1cc(=O)c(O)cn1-c1ccc(N2CCN(C)CC2)cc1.Cl. The van der Waals surface area contributed by atoms with E-state index in [1.165, 1.54) is 18.0 Å². The molecule has 0 radical (unpaired) electrons. The molecule has 1 saturated heterocycles. The van der Waals surface area contributed by atoms with Crippen LogP contribution >= 0.6 is 12.4 Å². The molecule has 1 N–H and O–H groups in total. The minimum atomic E-state index is -0.345. The van der Waals surface area contributed by atoms with Crippen LogP contribution in [0.1, 0.15) is 5.69 Å². The van der Waals surface area contributed by atoms with Gasteiger partial charge in [0.25, 0.3) is 0 Å². The third kappa shape index (κ3) is 3.68. The smallest absolute Gasteiger partial charge is 0.223 e. The zero-order chi connectivity index (χ0) is 15.7. The first kappa shape index (κ1) is 17.4. The van der Waals surface area contributed by atoms with Crippen LogP contribution in [0.4, 0.5) is 5.69 Å². The topological polar surface area (TPSA) is 48.7 Å². The van der Waals surface area contributed by atoms with Gasteiger partial charge >= 0.3 is 0 Å². The Morgan fingerprint density at radius 2 is 1.57 bits per heavy atom. The summed E-state index contributed by atoms with van der Waals surface area (Å²) in [5.41, 5.74) is 2.60. The largest absolute Gasteiger partial charge is 0.503 e. The Morgan fingerprint density at radius 1 is 1.00 bits per heavy atom. The molecular formula is C17H22ClN3O2. The highest BCUT2D eigenvalue weighted by Gasteiger charge is 2.14. The molecule has 1 fully saturated rings. The predicted molar refractivity (Wildman–Crippen MR) is 95.4 cm³/mol. The highest BCUT2D eigenvalue weighted by molar-refractivity contribution is 5.85. The fourth-order valence-corrected chi connectivity index (χ4v) is 2.79. The van der Waals surface area contributed by atoms with E-state index in [0.717, 1.165) is 37.6 Å². The van der Waals surface area contributed by atoms with Crippen LogP contribution in [0.3, 0.4) is 0 Å². The van der Waals surface area contributed by atoms with Gasteiger partial charge in [-0.25, -0.2) is 0 Å². The van der Waals surface area contributed by atoms with Crippen LogP contribution < -0.4 is 10.3 Å². The maximum atomic E-state index is 11.4. The van der Waals surface area contributed by atoms with Crippen LogP contribution in [0.25, 0.3) is 5.69 Å². The lowest BCUT2D eigenvalue weighted by molar-refractivity contribution is 0.313. The molecule has 23 heavy (non-hydrogen) atoms. The number of nitrogens with zero attached hydrogens (tertiary/aromatic N) is 3. The summed E-state index contributed by atoms with van der Waals surface area (Å²) in [6, 6.07) is 9.67. The summed E-state index contributed by atoms with van der Waals surface area (Å²) in [5.74, 6) is -0.228. The molecule has 0 saturated carbocycles. The molecule has 0 aliphatic carbocycles. The molecule has 6 heteroatoms. The first-order valence-corrected chi connectivity index (χ1v) is 7.51. The van der Waals surface area contributed by atoms with Gasteiger partial charge in [-0.05, 0) is 38.2 Å². The number of pyridine rings is 1. The van der Waals surface area contributed by atoms with Crippen molar-refractivity contribution < 1.29 is 5.11 Å². The van der Waals surface area contributed by atoms with E-state index < -0.39 is 0 Å². The Morgan fingerprint density at radius 3 is 2.17 bits per heavy atom. The number of piperazine rings is 1. The Labute approximate surface area is 142 Å². The van der Waals surface area contributed by atoms with Gasteiger partial charge in [0.05, 0.1) is 6.20 Å². The van der Waals surface area contributed by atoms with Gasteiger partial charge in [-0.2, -0.15) is 0 Å². The summed E-state index contributed by atoms with van der Waals surface area (Å²) in [6.07, 6.45) is 1.47. The van der Waals surface area contributed by atoms with Crippen LogP contribution in [0.2, 0.25) is 0 Å². The van der Waals surface area contributed by atoms with Gasteiger partial charge in [0.1, 0.15) is 0 Å². The van der Waals surface area contributed by atoms with Crippen LogP contribution in [-0.2, 0) is 0 Å². The van der Waals surface area contributed by atoms with E-state index in [-0.39, 0.29) is 23.6 Å². The molecule has 1 aliphatic heterocycles. The summed E-state index contributed by atoms with van der Waals surface area (Å²) in [4.78, 5) is 16.1. The number of hydrogen-bond donors (Lipinski definition) is 1. The van der Waals surface area contributed by atoms with E-state index in [2.05, 4.69) is 29.0 Å². The lowest BCUT2D eigenvalue weighted by Gasteiger charge is -2.34. The van der Waals surface area contributed by atoms with E-state index in [4.69, 9.17) is 0 Å². The highest BCUT2D eigenvalue weighted by Crippen LogP contribution is 2.20. The second-order valence-electron chi connectivity index (χ2n) is 5.84. The van der Waals surface area contributed by atoms with E-state index in [9.17, 15) is 9.90 Å². The molecule has 0 spiro atoms. The van der Waals surface area contributed by atoms with E-state index in [0.29, 0.717) is 0 Å². The molecule has 1 aromatic carbocycles. The quantitative estimate of drug-likeness (QED) is 0.912. The molecule has 3 rings (SSSR count). The van der Waals surface area contributed by atoms with Crippen LogP contribution in [-0.4, -0.2) is 47.8 Å². The van der Waals surface area contributed by atoms with Crippen molar-refractivity contribution in [3.05, 3.63) is 52.4 Å². The first-order valence-electron chi connectivity index (χ1n) is 7.51. The van der Waals surface area contributed by atoms with Gasteiger partial charge in [-0.15, -0.1) is 12.4 Å². The van der Waals surface area contributed by atoms with E-state index in [1.54, 1.807) is 0 Å². The Balaban J connectivity index is 0.00000192. The molecule has 0 amide bonds. The number of aromatic hydroxyl groups is 1. The first-order chi connectivity index (χ1) is 10.5. The Kier molecular flexibility index (Phi) is 5.34. The minimum Gasteiger partial charge on any atom is -0.503 e. The lowest BCUT2D eigenvalue weighted by atomic mass is 10.2. The molecule has 5 nitrogen and oxygen atoms in total. The highest BCUT2D eigenvalue weighted by atomic mass is 35.5. The maximum Gasteiger partial charge on any atom is 0.223 e. The monoisotopic (exact) mass is 335 g/mol. The number of hydrogen-bond acceptors (Lipinski definition) is 4. The van der Waals surface area contributed by atoms with Crippen molar-refractivity contribution in [2.24, 2.45) is 0 Å². The van der Waals surface area contributed by atoms with Gasteiger partial charge in [0.15, 0.2) is 5.75 Å². The Bertz CT molecular complexity index is 720. The normalized spacial score (nSPS) is 15.3. The molecule has 0 unspecified atom stereocenters. The molecular weight excluding hydrogens is 314 g/mol. The number of halogens is 1. The zero-order valence-electron chi connectivity index (χ0n) is 13.4. The number of likely N-dealkylation sites (N-methyl/N-ethyl adjacent to an activating group) is 1. The van der Waals surface area contributed by atoms with E-state index >= 15 is 0 Å². The van der Waals surface area contributed by atoms with Crippen molar-refractivity contribution in [1.82, 2.24) is 9.47 Å². The minimum absolute atomic E-state index is 0. The molecule has 0 atom stereocenters. The maximum absolute atomic E-state index is 11.4. The lowest BCUT2D eigenvalue weighted by Crippen LogP contribution is -2.44.